The van der Waals surface area contributed by atoms with Crippen molar-refractivity contribution >= 4 is 45.1 Å². The Morgan fingerprint density at radius 2 is 1.87 bits per heavy atom. The molecule has 0 saturated heterocycles. The maximum Gasteiger partial charge on any atom is 0.243 e. The molecule has 1 aromatic heterocycles. The van der Waals surface area contributed by atoms with Crippen LogP contribution < -0.4 is 14.8 Å². The first-order valence-corrected chi connectivity index (χ1v) is 11.6. The summed E-state index contributed by atoms with van der Waals surface area (Å²) >= 11 is 15.7. The molecule has 1 N–H and O–H groups in total. The van der Waals surface area contributed by atoms with Crippen molar-refractivity contribution in [2.45, 2.75) is 46.4 Å². The maximum atomic E-state index is 6.10. The Morgan fingerprint density at radius 1 is 1.06 bits per heavy atom. The smallest absolute Gasteiger partial charge is 0.243 e. The summed E-state index contributed by atoms with van der Waals surface area (Å²) < 4.78 is 14.5. The van der Waals surface area contributed by atoms with Crippen LogP contribution >= 0.6 is 39.1 Å². The van der Waals surface area contributed by atoms with E-state index in [2.05, 4.69) is 43.7 Å². The minimum atomic E-state index is 0.340. The zero-order chi connectivity index (χ0) is 22.2. The third-order valence-corrected chi connectivity index (χ3v) is 5.96. The molecule has 0 aliphatic carbocycles. The van der Waals surface area contributed by atoms with Gasteiger partial charge < -0.3 is 14.8 Å². The van der Waals surface area contributed by atoms with Crippen molar-refractivity contribution in [1.82, 2.24) is 20.2 Å². The molecule has 0 spiro atoms. The van der Waals surface area contributed by atoms with Crippen LogP contribution in [0, 0.1) is 0 Å². The van der Waals surface area contributed by atoms with Crippen molar-refractivity contribution in [1.29, 1.82) is 0 Å². The molecule has 7 nitrogen and oxygen atoms in total. The van der Waals surface area contributed by atoms with E-state index in [4.69, 9.17) is 32.7 Å². The number of nitrogens with one attached hydrogen (secondary N) is 1. The Hall–Kier alpha value is -2.03. The van der Waals surface area contributed by atoms with E-state index in [1.807, 2.05) is 25.1 Å². The standard InChI is InChI=1S/C21H24BrCl2N5O2/c1-3-5-8-29-21(26-27-28-29)25-12-15-10-19(30-4-2)20(11-16(15)22)31-13-14-6-7-17(23)18(24)9-14/h6-7,9-11H,3-5,8,12-13H2,1-2H3,(H,25,26,28). The summed E-state index contributed by atoms with van der Waals surface area (Å²) in [6.07, 6.45) is 2.09. The minimum Gasteiger partial charge on any atom is -0.490 e. The van der Waals surface area contributed by atoms with Gasteiger partial charge in [0.25, 0.3) is 0 Å². The highest BCUT2D eigenvalue weighted by molar-refractivity contribution is 9.10. The minimum absolute atomic E-state index is 0.340. The lowest BCUT2D eigenvalue weighted by Crippen LogP contribution is -2.10. The van der Waals surface area contributed by atoms with E-state index in [1.165, 1.54) is 0 Å². The van der Waals surface area contributed by atoms with Crippen LogP contribution in [0.25, 0.3) is 0 Å². The third kappa shape index (κ3) is 6.48. The van der Waals surface area contributed by atoms with Crippen molar-refractivity contribution in [2.75, 3.05) is 11.9 Å². The van der Waals surface area contributed by atoms with Gasteiger partial charge in [-0.3, -0.25) is 0 Å². The Bertz CT molecular complexity index is 1020. The normalized spacial score (nSPS) is 10.9. The van der Waals surface area contributed by atoms with Gasteiger partial charge in [-0.05, 0) is 59.2 Å². The first-order chi connectivity index (χ1) is 15.0. The Kier molecular flexibility index (Phi) is 8.80. The fourth-order valence-corrected chi connectivity index (χ4v) is 3.63. The van der Waals surface area contributed by atoms with E-state index >= 15 is 0 Å². The quantitative estimate of drug-likeness (QED) is 0.322. The molecule has 10 heteroatoms. The number of rotatable bonds is 11. The van der Waals surface area contributed by atoms with Crippen molar-refractivity contribution in [2.24, 2.45) is 0 Å². The number of benzene rings is 2. The van der Waals surface area contributed by atoms with Gasteiger partial charge in [-0.2, -0.15) is 0 Å². The summed E-state index contributed by atoms with van der Waals surface area (Å²) in [4.78, 5) is 0. The molecule has 0 aliphatic heterocycles. The van der Waals surface area contributed by atoms with E-state index < -0.39 is 0 Å². The van der Waals surface area contributed by atoms with Gasteiger partial charge in [0.2, 0.25) is 5.95 Å². The average molecular weight is 529 g/mol. The van der Waals surface area contributed by atoms with Gasteiger partial charge in [-0.15, -0.1) is 0 Å². The summed E-state index contributed by atoms with van der Waals surface area (Å²) in [5.41, 5.74) is 1.91. The second-order valence-corrected chi connectivity index (χ2v) is 8.46. The number of unbranched alkanes of at least 4 members (excludes halogenated alkanes) is 1. The van der Waals surface area contributed by atoms with Gasteiger partial charge in [0.1, 0.15) is 6.61 Å². The first kappa shape index (κ1) is 23.6. The van der Waals surface area contributed by atoms with E-state index in [9.17, 15) is 0 Å². The molecule has 1 heterocycles. The number of hydrogen-bond acceptors (Lipinski definition) is 6. The molecule has 31 heavy (non-hydrogen) atoms. The number of tetrazole rings is 1. The number of halogens is 3. The van der Waals surface area contributed by atoms with Crippen LogP contribution in [0.2, 0.25) is 10.0 Å². The van der Waals surface area contributed by atoms with Gasteiger partial charge >= 0.3 is 0 Å². The molecule has 0 atom stereocenters. The number of aromatic nitrogens is 4. The number of ether oxygens (including phenoxy) is 2. The highest BCUT2D eigenvalue weighted by Gasteiger charge is 2.13. The highest BCUT2D eigenvalue weighted by atomic mass is 79.9. The molecule has 2 aromatic carbocycles. The van der Waals surface area contributed by atoms with E-state index in [0.717, 1.165) is 35.0 Å². The van der Waals surface area contributed by atoms with Crippen molar-refractivity contribution in [3.63, 3.8) is 0 Å². The fourth-order valence-electron chi connectivity index (χ4n) is 2.85. The zero-order valence-corrected chi connectivity index (χ0v) is 20.5. The predicted octanol–water partition coefficient (Wildman–Crippen LogP) is 6.13. The molecule has 0 amide bonds. The monoisotopic (exact) mass is 527 g/mol. The summed E-state index contributed by atoms with van der Waals surface area (Å²) in [5.74, 6) is 1.93. The van der Waals surface area contributed by atoms with Gasteiger partial charge in [-0.25, -0.2) is 4.68 Å². The lowest BCUT2D eigenvalue weighted by Gasteiger charge is -2.16. The lowest BCUT2D eigenvalue weighted by atomic mass is 10.2. The second kappa shape index (κ2) is 11.5. The third-order valence-electron chi connectivity index (χ3n) is 4.48. The average Bonchev–Trinajstić information content (AvgIpc) is 3.21. The van der Waals surface area contributed by atoms with Crippen LogP contribution in [0.5, 0.6) is 11.5 Å². The van der Waals surface area contributed by atoms with Crippen LogP contribution in [0.4, 0.5) is 5.95 Å². The fraction of sp³-hybridized carbons (Fsp3) is 0.381. The molecule has 0 saturated carbocycles. The maximum absolute atomic E-state index is 6.10. The topological polar surface area (TPSA) is 74.1 Å². The van der Waals surface area contributed by atoms with E-state index in [1.54, 1.807) is 16.8 Å². The van der Waals surface area contributed by atoms with E-state index in [0.29, 0.717) is 47.3 Å². The van der Waals surface area contributed by atoms with E-state index in [-0.39, 0.29) is 0 Å². The van der Waals surface area contributed by atoms with Gasteiger partial charge in [0, 0.05) is 17.6 Å². The molecule has 0 aliphatic rings. The SMILES string of the molecule is CCCCn1nnnc1NCc1cc(OCC)c(OCc2ccc(Cl)c(Cl)c2)cc1Br. The molecule has 0 unspecified atom stereocenters. The second-order valence-electron chi connectivity index (χ2n) is 6.79. The summed E-state index contributed by atoms with van der Waals surface area (Å²) in [5, 5.41) is 16.2. The van der Waals surface area contributed by atoms with Gasteiger partial charge in [0.05, 0.1) is 16.7 Å². The molecule has 3 aromatic rings. The Morgan fingerprint density at radius 3 is 2.61 bits per heavy atom. The van der Waals surface area contributed by atoms with Crippen molar-refractivity contribution < 1.29 is 9.47 Å². The molecule has 0 fully saturated rings. The molecule has 166 valence electrons. The van der Waals surface area contributed by atoms with Crippen molar-refractivity contribution in [3.8, 4) is 11.5 Å². The van der Waals surface area contributed by atoms with Crippen LogP contribution in [-0.2, 0) is 19.7 Å². The number of aryl methyl sites for hydroxylation is 1. The molecular formula is C21H24BrCl2N5O2. The van der Waals surface area contributed by atoms with Crippen LogP contribution in [0.15, 0.2) is 34.8 Å². The van der Waals surface area contributed by atoms with Crippen LogP contribution in [0.1, 0.15) is 37.8 Å². The lowest BCUT2D eigenvalue weighted by molar-refractivity contribution is 0.269. The summed E-state index contributed by atoms with van der Waals surface area (Å²) in [6.45, 7) is 6.23. The Balaban J connectivity index is 1.72. The van der Waals surface area contributed by atoms with Gasteiger partial charge in [-0.1, -0.05) is 63.6 Å². The first-order valence-electron chi connectivity index (χ1n) is 10.0. The summed E-state index contributed by atoms with van der Waals surface area (Å²) in [7, 11) is 0. The Labute approximate surface area is 200 Å². The van der Waals surface area contributed by atoms with Crippen LogP contribution in [-0.4, -0.2) is 26.8 Å². The number of nitrogens with zero attached hydrogens (tertiary/aromatic N) is 4. The van der Waals surface area contributed by atoms with Gasteiger partial charge in [0.15, 0.2) is 11.5 Å². The molecule has 0 bridgehead atoms. The van der Waals surface area contributed by atoms with Crippen molar-refractivity contribution in [3.05, 3.63) is 56.0 Å². The predicted molar refractivity (Wildman–Crippen MR) is 126 cm³/mol. The summed E-state index contributed by atoms with van der Waals surface area (Å²) in [6, 6.07) is 9.28. The molecular weight excluding hydrogens is 505 g/mol. The van der Waals surface area contributed by atoms with Crippen LogP contribution in [0.3, 0.4) is 0 Å². The zero-order valence-electron chi connectivity index (χ0n) is 17.4. The number of hydrogen-bond donors (Lipinski definition) is 1. The number of anilines is 1. The molecule has 3 rings (SSSR count). The molecule has 0 radical (unpaired) electrons. The largest absolute Gasteiger partial charge is 0.490 e. The highest BCUT2D eigenvalue weighted by Crippen LogP contribution is 2.35.